The minimum atomic E-state index is -3.26. The largest absolute Gasteiger partial charge is 0.215 e. The highest BCUT2D eigenvalue weighted by Crippen LogP contribution is 2.22. The first kappa shape index (κ1) is 14.7. The molecule has 0 aliphatic rings. The molecule has 1 N–H and O–H groups in total. The molecule has 0 unspecified atom stereocenters. The van der Waals surface area contributed by atoms with Crippen molar-refractivity contribution in [2.45, 2.75) is 12.2 Å². The Morgan fingerprint density at radius 1 is 1.11 bits per heavy atom. The molecule has 3 nitrogen and oxygen atoms in total. The molecule has 0 radical (unpaired) electrons. The second-order valence-electron chi connectivity index (χ2n) is 4.09. The van der Waals surface area contributed by atoms with Crippen LogP contribution in [0.15, 0.2) is 46.3 Å². The first-order valence-corrected chi connectivity index (χ1v) is 9.07. The van der Waals surface area contributed by atoms with E-state index in [1.165, 1.54) is 0 Å². The van der Waals surface area contributed by atoms with E-state index in [0.29, 0.717) is 13.0 Å². The summed E-state index contributed by atoms with van der Waals surface area (Å²) in [5.41, 5.74) is 0.800. The molecule has 0 amide bonds. The van der Waals surface area contributed by atoms with Crippen LogP contribution in [0.25, 0.3) is 0 Å². The summed E-state index contributed by atoms with van der Waals surface area (Å²) in [6, 6.07) is 13.2. The van der Waals surface area contributed by atoms with Gasteiger partial charge in [0.15, 0.2) is 0 Å². The average molecular weight is 360 g/mol. The zero-order chi connectivity index (χ0) is 13.7. The summed E-state index contributed by atoms with van der Waals surface area (Å²) in [6.45, 7) is 0.433. The van der Waals surface area contributed by atoms with Crippen molar-refractivity contribution in [2.24, 2.45) is 0 Å². The van der Waals surface area contributed by atoms with Crippen LogP contribution in [0.2, 0.25) is 0 Å². The molecule has 1 heterocycles. The SMILES string of the molecule is O=S(=O)(Cc1ccccc1)NCCc1ccc(Br)s1. The van der Waals surface area contributed by atoms with Crippen molar-refractivity contribution in [1.29, 1.82) is 0 Å². The standard InChI is InChI=1S/C13H14BrNO2S2/c14-13-7-6-12(18-13)8-9-15-19(16,17)10-11-4-2-1-3-5-11/h1-7,15H,8-10H2. The van der Waals surface area contributed by atoms with Gasteiger partial charge < -0.3 is 0 Å². The van der Waals surface area contributed by atoms with Crippen LogP contribution >= 0.6 is 27.3 Å². The summed E-state index contributed by atoms with van der Waals surface area (Å²) in [5.74, 6) is 0.0297. The van der Waals surface area contributed by atoms with Crippen LogP contribution < -0.4 is 4.72 Å². The Morgan fingerprint density at radius 2 is 1.84 bits per heavy atom. The predicted octanol–water partition coefficient (Wildman–Crippen LogP) is 3.17. The molecule has 1 aromatic heterocycles. The number of thiophene rings is 1. The molecule has 0 fully saturated rings. The molecule has 2 rings (SSSR count). The highest BCUT2D eigenvalue weighted by atomic mass is 79.9. The van der Waals surface area contributed by atoms with Gasteiger partial charge in [-0.3, -0.25) is 0 Å². The highest BCUT2D eigenvalue weighted by molar-refractivity contribution is 9.11. The third-order valence-electron chi connectivity index (χ3n) is 2.52. The van der Waals surface area contributed by atoms with Gasteiger partial charge in [0.1, 0.15) is 0 Å². The highest BCUT2D eigenvalue weighted by Gasteiger charge is 2.10. The zero-order valence-corrected chi connectivity index (χ0v) is 13.4. The second-order valence-corrected chi connectivity index (χ2v) is 8.45. The van der Waals surface area contributed by atoms with Crippen LogP contribution in [0, 0.1) is 0 Å². The van der Waals surface area contributed by atoms with E-state index in [2.05, 4.69) is 20.7 Å². The van der Waals surface area contributed by atoms with E-state index in [1.54, 1.807) is 11.3 Å². The van der Waals surface area contributed by atoms with E-state index < -0.39 is 10.0 Å². The van der Waals surface area contributed by atoms with Crippen molar-refractivity contribution in [1.82, 2.24) is 4.72 Å². The van der Waals surface area contributed by atoms with Gasteiger partial charge in [-0.25, -0.2) is 13.1 Å². The number of halogens is 1. The maximum absolute atomic E-state index is 11.9. The Morgan fingerprint density at radius 3 is 2.47 bits per heavy atom. The Kier molecular flexibility index (Phi) is 5.15. The van der Waals surface area contributed by atoms with Gasteiger partial charge in [-0.05, 0) is 40.0 Å². The molecular formula is C13H14BrNO2S2. The molecule has 102 valence electrons. The Balaban J connectivity index is 1.84. The minimum absolute atomic E-state index is 0.0297. The number of benzene rings is 1. The van der Waals surface area contributed by atoms with Crippen molar-refractivity contribution in [2.75, 3.05) is 6.54 Å². The van der Waals surface area contributed by atoms with Gasteiger partial charge in [0.2, 0.25) is 10.0 Å². The molecule has 0 saturated heterocycles. The van der Waals surface area contributed by atoms with Crippen LogP contribution in [0.1, 0.15) is 10.4 Å². The molecule has 0 aliphatic heterocycles. The molecule has 0 spiro atoms. The molecular weight excluding hydrogens is 346 g/mol. The maximum Gasteiger partial charge on any atom is 0.215 e. The molecule has 2 aromatic rings. The zero-order valence-electron chi connectivity index (χ0n) is 10.2. The summed E-state index contributed by atoms with van der Waals surface area (Å²) in [5, 5.41) is 0. The third kappa shape index (κ3) is 5.06. The van der Waals surface area contributed by atoms with Gasteiger partial charge >= 0.3 is 0 Å². The lowest BCUT2D eigenvalue weighted by molar-refractivity contribution is 0.581. The van der Waals surface area contributed by atoms with Crippen molar-refractivity contribution in [3.05, 3.63) is 56.7 Å². The fourth-order valence-corrected chi connectivity index (χ4v) is 4.29. The van der Waals surface area contributed by atoms with E-state index in [9.17, 15) is 8.42 Å². The van der Waals surface area contributed by atoms with Gasteiger partial charge in [-0.1, -0.05) is 30.3 Å². The van der Waals surface area contributed by atoms with Gasteiger partial charge in [0.05, 0.1) is 9.54 Å². The molecule has 0 aliphatic carbocycles. The van der Waals surface area contributed by atoms with Gasteiger partial charge in [0, 0.05) is 11.4 Å². The summed E-state index contributed by atoms with van der Waals surface area (Å²) in [6.07, 6.45) is 0.713. The van der Waals surface area contributed by atoms with E-state index >= 15 is 0 Å². The van der Waals surface area contributed by atoms with Crippen LogP contribution in [-0.2, 0) is 22.2 Å². The molecule has 1 aromatic carbocycles. The van der Waals surface area contributed by atoms with Crippen LogP contribution in [0.3, 0.4) is 0 Å². The van der Waals surface area contributed by atoms with E-state index in [0.717, 1.165) is 14.2 Å². The Labute approximate surface area is 125 Å². The summed E-state index contributed by atoms with van der Waals surface area (Å²) in [7, 11) is -3.26. The van der Waals surface area contributed by atoms with Crippen molar-refractivity contribution < 1.29 is 8.42 Å². The Bertz CT molecular complexity index is 623. The first-order valence-electron chi connectivity index (χ1n) is 5.81. The number of rotatable bonds is 6. The van der Waals surface area contributed by atoms with E-state index in [1.807, 2.05) is 42.5 Å². The number of nitrogens with one attached hydrogen (secondary N) is 1. The molecule has 0 atom stereocenters. The molecule has 19 heavy (non-hydrogen) atoms. The average Bonchev–Trinajstić information content (AvgIpc) is 2.75. The molecule has 0 saturated carbocycles. The normalized spacial score (nSPS) is 11.6. The lowest BCUT2D eigenvalue weighted by Gasteiger charge is -2.06. The second kappa shape index (κ2) is 6.65. The molecule has 0 bridgehead atoms. The van der Waals surface area contributed by atoms with Crippen LogP contribution in [0.5, 0.6) is 0 Å². The van der Waals surface area contributed by atoms with Crippen LogP contribution in [0.4, 0.5) is 0 Å². The molecule has 6 heteroatoms. The summed E-state index contributed by atoms with van der Waals surface area (Å²) in [4.78, 5) is 1.16. The number of sulfonamides is 1. The fourth-order valence-electron chi connectivity index (χ4n) is 1.66. The van der Waals surface area contributed by atoms with Crippen molar-refractivity contribution in [3.63, 3.8) is 0 Å². The first-order chi connectivity index (χ1) is 9.05. The third-order valence-corrected chi connectivity index (χ3v) is 5.56. The summed E-state index contributed by atoms with van der Waals surface area (Å²) < 4.78 is 27.5. The number of hydrogen-bond acceptors (Lipinski definition) is 3. The quantitative estimate of drug-likeness (QED) is 0.860. The van der Waals surface area contributed by atoms with Gasteiger partial charge in [-0.15, -0.1) is 11.3 Å². The smallest absolute Gasteiger partial charge is 0.215 e. The van der Waals surface area contributed by atoms with Gasteiger partial charge in [0.25, 0.3) is 0 Å². The number of hydrogen-bond donors (Lipinski definition) is 1. The minimum Gasteiger partial charge on any atom is -0.215 e. The van der Waals surface area contributed by atoms with E-state index in [-0.39, 0.29) is 5.75 Å². The van der Waals surface area contributed by atoms with Crippen molar-refractivity contribution >= 4 is 37.3 Å². The lowest BCUT2D eigenvalue weighted by atomic mass is 10.2. The maximum atomic E-state index is 11.9. The predicted molar refractivity (Wildman–Crippen MR) is 82.8 cm³/mol. The van der Waals surface area contributed by atoms with Crippen LogP contribution in [-0.4, -0.2) is 15.0 Å². The Hall–Kier alpha value is -0.690. The topological polar surface area (TPSA) is 46.2 Å². The van der Waals surface area contributed by atoms with E-state index in [4.69, 9.17) is 0 Å². The monoisotopic (exact) mass is 359 g/mol. The van der Waals surface area contributed by atoms with Crippen molar-refractivity contribution in [3.8, 4) is 0 Å². The summed E-state index contributed by atoms with van der Waals surface area (Å²) >= 11 is 5.01. The fraction of sp³-hybridized carbons (Fsp3) is 0.231. The van der Waals surface area contributed by atoms with Gasteiger partial charge in [-0.2, -0.15) is 0 Å². The lowest BCUT2D eigenvalue weighted by Crippen LogP contribution is -2.27.